The van der Waals surface area contributed by atoms with E-state index in [1.54, 1.807) is 0 Å². The number of carbonyl (C=O) groups excluding carboxylic acids is 1. The fourth-order valence-corrected chi connectivity index (χ4v) is 2.35. The molecule has 1 rings (SSSR count). The number of nitrogens with zero attached hydrogens (tertiary/aromatic N) is 1. The molecule has 0 aromatic carbocycles. The summed E-state index contributed by atoms with van der Waals surface area (Å²) in [5.74, 6) is -0.854. The van der Waals surface area contributed by atoms with E-state index in [4.69, 9.17) is 14.6 Å². The average molecular weight is 369 g/mol. The van der Waals surface area contributed by atoms with E-state index in [0.29, 0.717) is 0 Å². The molecule has 0 spiro atoms. The van der Waals surface area contributed by atoms with Gasteiger partial charge < -0.3 is 45.2 Å². The second-order valence-electron chi connectivity index (χ2n) is 5.70. The molecule has 12 nitrogen and oxygen atoms in total. The van der Waals surface area contributed by atoms with Gasteiger partial charge in [0.25, 0.3) is 0 Å². The highest BCUT2D eigenvalue weighted by molar-refractivity contribution is 5.81. The number of aliphatic hydroxyl groups excluding tert-OH is 7. The van der Waals surface area contributed by atoms with Crippen LogP contribution >= 0.6 is 0 Å². The third kappa shape index (κ3) is 4.97. The van der Waals surface area contributed by atoms with Gasteiger partial charge in [0.2, 0.25) is 0 Å². The quantitative estimate of drug-likeness (QED) is 0.193. The number of rotatable bonds is 9. The molecule has 0 bridgehead atoms. The Labute approximate surface area is 142 Å². The molecule has 1 saturated heterocycles. The summed E-state index contributed by atoms with van der Waals surface area (Å²) in [7, 11) is 0. The standard InChI is InChI=1S/C13H23NO11/c1-4(17)8(18)7(14-23)9(19)5(2-15)24-13-12(22)11(21)10(20)6(3-16)25-13/h5-13,15-16,18-22H,2-3H2,1H3/t5-,6-,7-,8+,9-,10+,11+,12-,13?/m1/s1. The number of hydrogen-bond acceptors (Lipinski definition) is 12. The molecule has 0 aromatic heterocycles. The van der Waals surface area contributed by atoms with Gasteiger partial charge in [-0.05, 0) is 6.92 Å². The molecule has 0 amide bonds. The molecular formula is C13H23NO11. The Bertz CT molecular complexity index is 448. The average Bonchev–Trinajstić information content (AvgIpc) is 2.59. The molecule has 0 radical (unpaired) electrons. The fourth-order valence-electron chi connectivity index (χ4n) is 2.35. The van der Waals surface area contributed by atoms with Gasteiger partial charge in [-0.25, -0.2) is 0 Å². The highest BCUT2D eigenvalue weighted by Crippen LogP contribution is 2.24. The Kier molecular flexibility index (Phi) is 8.40. The minimum absolute atomic E-state index is 0.723. The lowest BCUT2D eigenvalue weighted by Crippen LogP contribution is -2.61. The van der Waals surface area contributed by atoms with Crippen LogP contribution in [0.4, 0.5) is 0 Å². The van der Waals surface area contributed by atoms with E-state index in [2.05, 4.69) is 5.18 Å². The molecule has 1 heterocycles. The normalized spacial score (nSPS) is 34.8. The first kappa shape index (κ1) is 22.0. The highest BCUT2D eigenvalue weighted by atomic mass is 16.7. The summed E-state index contributed by atoms with van der Waals surface area (Å²) >= 11 is 0. The Morgan fingerprint density at radius 3 is 2.20 bits per heavy atom. The lowest BCUT2D eigenvalue weighted by Gasteiger charge is -2.41. The lowest BCUT2D eigenvalue weighted by atomic mass is 9.97. The predicted octanol–water partition coefficient (Wildman–Crippen LogP) is -4.39. The third-order valence-electron chi connectivity index (χ3n) is 3.93. The Balaban J connectivity index is 2.89. The lowest BCUT2D eigenvalue weighted by molar-refractivity contribution is -0.320. The summed E-state index contributed by atoms with van der Waals surface area (Å²) in [6, 6.07) is -1.86. The zero-order valence-electron chi connectivity index (χ0n) is 13.3. The van der Waals surface area contributed by atoms with Gasteiger partial charge in [-0.15, -0.1) is 0 Å². The SMILES string of the molecule is CC(=O)[C@H](O)[C@@H](N=O)[C@H](O)[C@@H](CO)OC1O[C@H](CO)[C@H](O)[C@H](O)[C@H]1O. The summed E-state index contributed by atoms with van der Waals surface area (Å²) < 4.78 is 10.1. The van der Waals surface area contributed by atoms with E-state index in [-0.39, 0.29) is 0 Å². The zero-order valence-corrected chi connectivity index (χ0v) is 13.3. The van der Waals surface area contributed by atoms with E-state index < -0.39 is 74.1 Å². The van der Waals surface area contributed by atoms with Gasteiger partial charge >= 0.3 is 0 Å². The fraction of sp³-hybridized carbons (Fsp3) is 0.923. The number of aliphatic hydroxyl groups is 7. The van der Waals surface area contributed by atoms with Crippen molar-refractivity contribution in [3.8, 4) is 0 Å². The van der Waals surface area contributed by atoms with Crippen LogP contribution in [0.1, 0.15) is 6.92 Å². The first-order valence-corrected chi connectivity index (χ1v) is 7.45. The minimum atomic E-state index is -1.95. The van der Waals surface area contributed by atoms with Crippen LogP contribution in [0.15, 0.2) is 5.18 Å². The largest absolute Gasteiger partial charge is 0.394 e. The van der Waals surface area contributed by atoms with E-state index in [9.17, 15) is 40.3 Å². The smallest absolute Gasteiger partial charge is 0.187 e. The molecule has 12 heteroatoms. The van der Waals surface area contributed by atoms with Crippen LogP contribution in [0.3, 0.4) is 0 Å². The minimum Gasteiger partial charge on any atom is -0.394 e. The van der Waals surface area contributed by atoms with E-state index in [1.807, 2.05) is 0 Å². The number of Topliss-reactive ketones (excluding diaryl/α,β-unsaturated/α-hetero) is 1. The maximum absolute atomic E-state index is 11.1. The molecule has 7 N–H and O–H groups in total. The van der Waals surface area contributed by atoms with Crippen LogP contribution in [0, 0.1) is 4.91 Å². The summed E-state index contributed by atoms with van der Waals surface area (Å²) in [5, 5.41) is 69.7. The van der Waals surface area contributed by atoms with Crippen LogP contribution in [-0.4, -0.2) is 110 Å². The highest BCUT2D eigenvalue weighted by Gasteiger charge is 2.46. The van der Waals surface area contributed by atoms with Crippen LogP contribution in [0.5, 0.6) is 0 Å². The van der Waals surface area contributed by atoms with Crippen molar-refractivity contribution in [1.82, 2.24) is 0 Å². The molecule has 1 aliphatic heterocycles. The molecule has 0 aromatic rings. The van der Waals surface area contributed by atoms with Gasteiger partial charge in [0.1, 0.15) is 42.7 Å². The zero-order chi connectivity index (χ0) is 19.3. The number of nitroso groups, excluding NO2 is 1. The number of carbonyl (C=O) groups is 1. The van der Waals surface area contributed by atoms with E-state index in [1.165, 1.54) is 0 Å². The van der Waals surface area contributed by atoms with Crippen molar-refractivity contribution in [1.29, 1.82) is 0 Å². The monoisotopic (exact) mass is 369 g/mol. The summed E-state index contributed by atoms with van der Waals surface area (Å²) in [4.78, 5) is 22.0. The van der Waals surface area contributed by atoms with Crippen molar-refractivity contribution in [2.45, 2.75) is 62.0 Å². The molecule has 1 fully saturated rings. The van der Waals surface area contributed by atoms with Crippen molar-refractivity contribution >= 4 is 5.78 Å². The Hall–Kier alpha value is -1.09. The number of hydrogen-bond donors (Lipinski definition) is 7. The molecule has 0 saturated carbocycles. The first-order valence-electron chi connectivity index (χ1n) is 7.45. The van der Waals surface area contributed by atoms with Crippen molar-refractivity contribution in [2.24, 2.45) is 5.18 Å². The van der Waals surface area contributed by atoms with Crippen molar-refractivity contribution in [2.75, 3.05) is 13.2 Å². The molecule has 0 aliphatic carbocycles. The van der Waals surface area contributed by atoms with Crippen LogP contribution in [0.25, 0.3) is 0 Å². The van der Waals surface area contributed by atoms with Gasteiger partial charge in [0.15, 0.2) is 18.1 Å². The third-order valence-corrected chi connectivity index (χ3v) is 3.93. The molecular weight excluding hydrogens is 346 g/mol. The topological polar surface area (TPSA) is 207 Å². The van der Waals surface area contributed by atoms with Crippen molar-refractivity contribution < 1.29 is 50.0 Å². The van der Waals surface area contributed by atoms with Gasteiger partial charge in [-0.2, -0.15) is 4.91 Å². The molecule has 9 atom stereocenters. The van der Waals surface area contributed by atoms with Crippen LogP contribution < -0.4 is 0 Å². The Morgan fingerprint density at radius 2 is 1.76 bits per heavy atom. The molecule has 146 valence electrons. The maximum Gasteiger partial charge on any atom is 0.187 e. The van der Waals surface area contributed by atoms with Gasteiger partial charge in [-0.3, -0.25) is 4.79 Å². The number of ether oxygens (including phenoxy) is 2. The summed E-state index contributed by atoms with van der Waals surface area (Å²) in [6.45, 7) is -0.687. The molecule has 1 unspecified atom stereocenters. The maximum atomic E-state index is 11.1. The second kappa shape index (κ2) is 9.56. The predicted molar refractivity (Wildman–Crippen MR) is 78.0 cm³/mol. The van der Waals surface area contributed by atoms with Gasteiger partial charge in [-0.1, -0.05) is 5.18 Å². The van der Waals surface area contributed by atoms with Crippen LogP contribution in [0.2, 0.25) is 0 Å². The first-order chi connectivity index (χ1) is 11.7. The van der Waals surface area contributed by atoms with Crippen molar-refractivity contribution in [3.05, 3.63) is 4.91 Å². The summed E-state index contributed by atoms with van der Waals surface area (Å²) in [5.41, 5.74) is 0. The number of ketones is 1. The second-order valence-corrected chi connectivity index (χ2v) is 5.70. The van der Waals surface area contributed by atoms with E-state index >= 15 is 0 Å². The molecule has 25 heavy (non-hydrogen) atoms. The van der Waals surface area contributed by atoms with Gasteiger partial charge in [0.05, 0.1) is 13.2 Å². The summed E-state index contributed by atoms with van der Waals surface area (Å²) in [6.07, 6.45) is -13.7. The molecule has 1 aliphatic rings. The van der Waals surface area contributed by atoms with Gasteiger partial charge in [0, 0.05) is 0 Å². The van der Waals surface area contributed by atoms with E-state index in [0.717, 1.165) is 6.92 Å². The Morgan fingerprint density at radius 1 is 1.16 bits per heavy atom. The van der Waals surface area contributed by atoms with Crippen molar-refractivity contribution in [3.63, 3.8) is 0 Å². The van der Waals surface area contributed by atoms with Crippen LogP contribution in [-0.2, 0) is 14.3 Å².